The summed E-state index contributed by atoms with van der Waals surface area (Å²) in [4.78, 5) is 27.0. The Morgan fingerprint density at radius 1 is 1.12 bits per heavy atom. The molecule has 1 aliphatic heterocycles. The number of ether oxygens (including phenoxy) is 1. The van der Waals surface area contributed by atoms with Gasteiger partial charge in [0, 0.05) is 12.6 Å². The minimum Gasteiger partial charge on any atom is -0.452 e. The van der Waals surface area contributed by atoms with Crippen LogP contribution in [0.1, 0.15) is 22.3 Å². The van der Waals surface area contributed by atoms with Crippen LogP contribution in [0, 0.1) is 0 Å². The first-order valence-corrected chi connectivity index (χ1v) is 11.8. The monoisotopic (exact) mass is 455 g/mol. The van der Waals surface area contributed by atoms with Crippen LogP contribution in [0.3, 0.4) is 0 Å². The third-order valence-electron chi connectivity index (χ3n) is 5.19. The van der Waals surface area contributed by atoms with E-state index in [4.69, 9.17) is 4.74 Å². The Morgan fingerprint density at radius 3 is 2.62 bits per heavy atom. The number of hydrogen-bond donors (Lipinski definition) is 0. The molecule has 3 aromatic rings. The first-order valence-electron chi connectivity index (χ1n) is 9.96. The van der Waals surface area contributed by atoms with E-state index in [1.807, 2.05) is 30.3 Å². The smallest absolute Gasteiger partial charge is 0.338 e. The Morgan fingerprint density at radius 2 is 1.94 bits per heavy atom. The molecular formula is C21H21N5O5S. The molecule has 0 saturated carbocycles. The number of hydrogen-bond acceptors (Lipinski definition) is 8. The van der Waals surface area contributed by atoms with Crippen molar-refractivity contribution < 1.29 is 22.7 Å². The Labute approximate surface area is 184 Å². The van der Waals surface area contributed by atoms with Gasteiger partial charge in [-0.15, -0.1) is 5.10 Å². The first-order chi connectivity index (χ1) is 15.4. The van der Waals surface area contributed by atoms with Gasteiger partial charge in [-0.3, -0.25) is 4.79 Å². The summed E-state index contributed by atoms with van der Waals surface area (Å²) in [7, 11) is -3.19. The topological polar surface area (TPSA) is 124 Å². The van der Waals surface area contributed by atoms with E-state index in [1.54, 1.807) is 24.3 Å². The number of esters is 1. The van der Waals surface area contributed by atoms with Crippen LogP contribution < -0.4 is 0 Å². The van der Waals surface area contributed by atoms with E-state index in [2.05, 4.69) is 15.5 Å². The maximum Gasteiger partial charge on any atom is 0.338 e. The first kappa shape index (κ1) is 21.6. The van der Waals surface area contributed by atoms with Crippen molar-refractivity contribution in [2.45, 2.75) is 19.0 Å². The number of sulfone groups is 1. The van der Waals surface area contributed by atoms with Crippen molar-refractivity contribution in [3.05, 3.63) is 72.1 Å². The third kappa shape index (κ3) is 5.17. The largest absolute Gasteiger partial charge is 0.452 e. The number of tetrazole rings is 1. The molecule has 0 aliphatic carbocycles. The molecule has 166 valence electrons. The highest BCUT2D eigenvalue weighted by atomic mass is 32.2. The van der Waals surface area contributed by atoms with Crippen LogP contribution in [0.25, 0.3) is 5.69 Å². The molecule has 2 aromatic carbocycles. The van der Waals surface area contributed by atoms with E-state index in [-0.39, 0.29) is 23.6 Å². The van der Waals surface area contributed by atoms with E-state index in [1.165, 1.54) is 15.9 Å². The molecule has 1 atom stereocenters. The van der Waals surface area contributed by atoms with Gasteiger partial charge in [0.1, 0.15) is 6.33 Å². The molecule has 32 heavy (non-hydrogen) atoms. The highest BCUT2D eigenvalue weighted by molar-refractivity contribution is 7.91. The molecule has 0 radical (unpaired) electrons. The lowest BCUT2D eigenvalue weighted by Gasteiger charge is -2.28. The predicted octanol–water partition coefficient (Wildman–Crippen LogP) is 1.04. The summed E-state index contributed by atoms with van der Waals surface area (Å²) in [5, 5.41) is 10.9. The van der Waals surface area contributed by atoms with Crippen molar-refractivity contribution in [3.63, 3.8) is 0 Å². The second-order valence-corrected chi connectivity index (χ2v) is 9.67. The molecule has 1 saturated heterocycles. The Balaban J connectivity index is 1.45. The number of benzene rings is 2. The Bertz CT molecular complexity index is 1200. The summed E-state index contributed by atoms with van der Waals surface area (Å²) in [5.41, 5.74) is 1.67. The molecule has 4 rings (SSSR count). The molecule has 1 aliphatic rings. The fourth-order valence-electron chi connectivity index (χ4n) is 3.57. The van der Waals surface area contributed by atoms with Gasteiger partial charge in [-0.1, -0.05) is 36.4 Å². The maximum atomic E-state index is 13.0. The van der Waals surface area contributed by atoms with Gasteiger partial charge in [0.15, 0.2) is 16.4 Å². The highest BCUT2D eigenvalue weighted by Gasteiger charge is 2.35. The highest BCUT2D eigenvalue weighted by Crippen LogP contribution is 2.21. The lowest BCUT2D eigenvalue weighted by atomic mass is 10.1. The van der Waals surface area contributed by atoms with Gasteiger partial charge >= 0.3 is 5.97 Å². The number of amides is 1. The van der Waals surface area contributed by atoms with Gasteiger partial charge < -0.3 is 9.64 Å². The van der Waals surface area contributed by atoms with Gasteiger partial charge in [-0.05, 0) is 40.6 Å². The summed E-state index contributed by atoms with van der Waals surface area (Å²) in [5.74, 6) is -1.17. The van der Waals surface area contributed by atoms with Crippen molar-refractivity contribution in [1.82, 2.24) is 25.1 Å². The van der Waals surface area contributed by atoms with Gasteiger partial charge in [0.25, 0.3) is 5.91 Å². The van der Waals surface area contributed by atoms with E-state index < -0.39 is 34.4 Å². The summed E-state index contributed by atoms with van der Waals surface area (Å²) >= 11 is 0. The number of carbonyl (C=O) groups is 2. The van der Waals surface area contributed by atoms with Gasteiger partial charge in [0.2, 0.25) is 0 Å². The molecule has 11 heteroatoms. The normalized spacial score (nSPS) is 17.1. The molecule has 10 nitrogen and oxygen atoms in total. The minimum absolute atomic E-state index is 0.0416. The second-order valence-electron chi connectivity index (χ2n) is 7.44. The zero-order valence-electron chi connectivity index (χ0n) is 17.1. The van der Waals surface area contributed by atoms with Gasteiger partial charge in [0.05, 0.1) is 22.8 Å². The van der Waals surface area contributed by atoms with E-state index in [9.17, 15) is 18.0 Å². The van der Waals surface area contributed by atoms with Crippen LogP contribution in [-0.4, -0.2) is 69.6 Å². The molecular weight excluding hydrogens is 434 g/mol. The van der Waals surface area contributed by atoms with Crippen molar-refractivity contribution in [2.75, 3.05) is 18.1 Å². The SMILES string of the molecule is O=C(OCC(=O)N(Cc1ccccc1)[C@@H]1CCS(=O)(=O)C1)c1cccc(-n2cnnn2)c1. The molecule has 2 heterocycles. The summed E-state index contributed by atoms with van der Waals surface area (Å²) in [6, 6.07) is 15.3. The average molecular weight is 455 g/mol. The quantitative estimate of drug-likeness (QED) is 0.484. The summed E-state index contributed by atoms with van der Waals surface area (Å²) < 4.78 is 30.6. The minimum atomic E-state index is -3.19. The zero-order valence-corrected chi connectivity index (χ0v) is 17.9. The molecule has 1 fully saturated rings. The zero-order chi connectivity index (χ0) is 22.6. The number of carbonyl (C=O) groups excluding carboxylic acids is 2. The molecule has 0 spiro atoms. The summed E-state index contributed by atoms with van der Waals surface area (Å²) in [6.45, 7) is -0.247. The lowest BCUT2D eigenvalue weighted by molar-refractivity contribution is -0.137. The van der Waals surface area contributed by atoms with E-state index in [0.29, 0.717) is 12.1 Å². The fourth-order valence-corrected chi connectivity index (χ4v) is 5.30. The van der Waals surface area contributed by atoms with Gasteiger partial charge in [-0.25, -0.2) is 17.9 Å². The van der Waals surface area contributed by atoms with Crippen LogP contribution in [0.2, 0.25) is 0 Å². The van der Waals surface area contributed by atoms with Crippen LogP contribution >= 0.6 is 0 Å². The maximum absolute atomic E-state index is 13.0. The van der Waals surface area contributed by atoms with Gasteiger partial charge in [-0.2, -0.15) is 0 Å². The third-order valence-corrected chi connectivity index (χ3v) is 6.94. The fraction of sp³-hybridized carbons (Fsp3) is 0.286. The molecule has 0 N–H and O–H groups in total. The van der Waals surface area contributed by atoms with Crippen LogP contribution in [0.5, 0.6) is 0 Å². The Kier molecular flexibility index (Phi) is 6.26. The van der Waals surface area contributed by atoms with Crippen LogP contribution in [0.4, 0.5) is 0 Å². The molecule has 0 unspecified atom stereocenters. The number of aromatic nitrogens is 4. The predicted molar refractivity (Wildman–Crippen MR) is 113 cm³/mol. The Hall–Kier alpha value is -3.60. The lowest BCUT2D eigenvalue weighted by Crippen LogP contribution is -2.42. The van der Waals surface area contributed by atoms with Crippen molar-refractivity contribution >= 4 is 21.7 Å². The van der Waals surface area contributed by atoms with Crippen molar-refractivity contribution in [3.8, 4) is 5.69 Å². The average Bonchev–Trinajstić information content (AvgIpc) is 3.46. The molecule has 1 amide bonds. The standard InChI is InChI=1S/C21H21N5O5S/c27-20(13-31-21(28)17-7-4-8-18(11-17)26-15-22-23-24-26)25(12-16-5-2-1-3-6-16)19-9-10-32(29,30)14-19/h1-8,11,15,19H,9-10,12-14H2/t19-/m1/s1. The second kappa shape index (κ2) is 9.27. The van der Waals surface area contributed by atoms with Crippen molar-refractivity contribution in [2.24, 2.45) is 0 Å². The van der Waals surface area contributed by atoms with E-state index >= 15 is 0 Å². The summed E-state index contributed by atoms with van der Waals surface area (Å²) in [6.07, 6.45) is 1.76. The van der Waals surface area contributed by atoms with Crippen LogP contribution in [-0.2, 0) is 25.9 Å². The van der Waals surface area contributed by atoms with Crippen molar-refractivity contribution in [1.29, 1.82) is 0 Å². The molecule has 1 aromatic heterocycles. The van der Waals surface area contributed by atoms with E-state index in [0.717, 1.165) is 5.56 Å². The molecule has 0 bridgehead atoms. The number of rotatable bonds is 7. The van der Waals surface area contributed by atoms with Crippen LogP contribution in [0.15, 0.2) is 60.9 Å². The number of nitrogens with zero attached hydrogens (tertiary/aromatic N) is 5.